The van der Waals surface area contributed by atoms with Crippen molar-refractivity contribution in [3.05, 3.63) is 57.1 Å². The highest BCUT2D eigenvalue weighted by atomic mass is 35.5. The van der Waals surface area contributed by atoms with Gasteiger partial charge in [-0.25, -0.2) is 0 Å². The number of hydrogen-bond acceptors (Lipinski definition) is 6. The molecule has 0 spiro atoms. The molecule has 0 aliphatic carbocycles. The summed E-state index contributed by atoms with van der Waals surface area (Å²) in [6.45, 7) is 2.16. The number of nitro benzene ring substituents is 1. The lowest BCUT2D eigenvalue weighted by Crippen LogP contribution is -2.48. The summed E-state index contributed by atoms with van der Waals surface area (Å²) in [5.74, 6) is 1.00. The molecule has 2 aromatic carbocycles. The third-order valence-corrected chi connectivity index (χ3v) is 4.95. The summed E-state index contributed by atoms with van der Waals surface area (Å²) in [5.41, 5.74) is 1.18. The molecule has 28 heavy (non-hydrogen) atoms. The molecule has 9 heteroatoms. The van der Waals surface area contributed by atoms with Crippen LogP contribution in [0.3, 0.4) is 0 Å². The predicted octanol–water partition coefficient (Wildman–Crippen LogP) is 3.23. The van der Waals surface area contributed by atoms with Crippen molar-refractivity contribution in [2.75, 3.05) is 45.3 Å². The van der Waals surface area contributed by atoms with Crippen LogP contribution in [0.2, 0.25) is 5.02 Å². The van der Waals surface area contributed by atoms with Crippen LogP contribution in [-0.4, -0.2) is 56.1 Å². The van der Waals surface area contributed by atoms with Crippen molar-refractivity contribution in [1.29, 1.82) is 0 Å². The third kappa shape index (κ3) is 4.12. The smallest absolute Gasteiger partial charge is 0.271 e. The largest absolute Gasteiger partial charge is 0.497 e. The molecular formula is C19H20ClN3O5. The Labute approximate surface area is 167 Å². The lowest BCUT2D eigenvalue weighted by molar-refractivity contribution is -0.384. The van der Waals surface area contributed by atoms with Crippen molar-refractivity contribution in [2.24, 2.45) is 0 Å². The minimum Gasteiger partial charge on any atom is -0.497 e. The van der Waals surface area contributed by atoms with Crippen LogP contribution in [0.25, 0.3) is 0 Å². The van der Waals surface area contributed by atoms with E-state index in [9.17, 15) is 14.9 Å². The number of rotatable bonds is 5. The molecule has 1 aliphatic heterocycles. The number of carbonyl (C=O) groups excluding carboxylic acids is 1. The van der Waals surface area contributed by atoms with Gasteiger partial charge in [-0.3, -0.25) is 14.9 Å². The number of hydrogen-bond donors (Lipinski definition) is 0. The summed E-state index contributed by atoms with van der Waals surface area (Å²) < 4.78 is 10.5. The summed E-state index contributed by atoms with van der Waals surface area (Å²) >= 11 is 6.21. The van der Waals surface area contributed by atoms with Crippen LogP contribution >= 0.6 is 11.6 Å². The van der Waals surface area contributed by atoms with Crippen LogP contribution in [0.4, 0.5) is 11.4 Å². The number of anilines is 1. The summed E-state index contributed by atoms with van der Waals surface area (Å²) in [6.07, 6.45) is 0. The van der Waals surface area contributed by atoms with E-state index in [1.165, 1.54) is 26.4 Å². The Bertz CT molecular complexity index is 875. The van der Waals surface area contributed by atoms with E-state index in [1.54, 1.807) is 29.2 Å². The van der Waals surface area contributed by atoms with Gasteiger partial charge >= 0.3 is 0 Å². The van der Waals surface area contributed by atoms with Gasteiger partial charge in [0.15, 0.2) is 0 Å². The minimum atomic E-state index is -0.478. The number of nitro groups is 1. The maximum absolute atomic E-state index is 12.9. The molecule has 0 atom stereocenters. The van der Waals surface area contributed by atoms with Crippen LogP contribution in [0.15, 0.2) is 36.4 Å². The Balaban J connectivity index is 1.70. The number of non-ortho nitro benzene ring substituents is 1. The molecule has 1 amide bonds. The van der Waals surface area contributed by atoms with E-state index in [2.05, 4.69) is 0 Å². The van der Waals surface area contributed by atoms with Crippen molar-refractivity contribution in [1.82, 2.24) is 4.90 Å². The molecule has 1 aliphatic rings. The molecule has 0 N–H and O–H groups in total. The highest BCUT2D eigenvalue weighted by Crippen LogP contribution is 2.31. The first-order chi connectivity index (χ1) is 13.4. The van der Waals surface area contributed by atoms with Gasteiger partial charge in [-0.15, -0.1) is 0 Å². The number of amides is 1. The fourth-order valence-corrected chi connectivity index (χ4v) is 3.42. The zero-order chi connectivity index (χ0) is 20.3. The summed E-state index contributed by atoms with van der Waals surface area (Å²) in [5, 5.41) is 11.2. The van der Waals surface area contributed by atoms with Gasteiger partial charge in [0.1, 0.15) is 11.5 Å². The number of halogens is 1. The fourth-order valence-electron chi connectivity index (χ4n) is 3.13. The Hall–Kier alpha value is -3.00. The van der Waals surface area contributed by atoms with Crippen LogP contribution in [0.5, 0.6) is 11.5 Å². The van der Waals surface area contributed by atoms with Crippen LogP contribution in [0, 0.1) is 10.1 Å². The van der Waals surface area contributed by atoms with Crippen molar-refractivity contribution in [3.8, 4) is 11.5 Å². The summed E-state index contributed by atoms with van der Waals surface area (Å²) in [4.78, 5) is 27.0. The van der Waals surface area contributed by atoms with Gasteiger partial charge in [-0.2, -0.15) is 0 Å². The van der Waals surface area contributed by atoms with Crippen LogP contribution in [0.1, 0.15) is 10.4 Å². The Morgan fingerprint density at radius 3 is 2.14 bits per heavy atom. The monoisotopic (exact) mass is 405 g/mol. The molecule has 2 aromatic rings. The molecule has 8 nitrogen and oxygen atoms in total. The number of carbonyl (C=O) groups is 1. The second-order valence-electron chi connectivity index (χ2n) is 6.27. The first-order valence-electron chi connectivity index (χ1n) is 8.64. The number of methoxy groups -OCH3 is 2. The van der Waals surface area contributed by atoms with Gasteiger partial charge in [-0.1, -0.05) is 11.6 Å². The first kappa shape index (κ1) is 19.8. The molecule has 0 saturated carbocycles. The molecular weight excluding hydrogens is 386 g/mol. The molecule has 148 valence electrons. The van der Waals surface area contributed by atoms with E-state index in [4.69, 9.17) is 21.1 Å². The third-order valence-electron chi connectivity index (χ3n) is 4.65. The van der Waals surface area contributed by atoms with Gasteiger partial charge in [0, 0.05) is 49.9 Å². The van der Waals surface area contributed by atoms with Gasteiger partial charge in [0.2, 0.25) is 0 Å². The minimum absolute atomic E-state index is 0.0467. The molecule has 0 unspecified atom stereocenters. The van der Waals surface area contributed by atoms with E-state index < -0.39 is 4.92 Å². The van der Waals surface area contributed by atoms with Gasteiger partial charge < -0.3 is 19.3 Å². The normalized spacial score (nSPS) is 14.0. The zero-order valence-corrected chi connectivity index (χ0v) is 16.3. The lowest BCUT2D eigenvalue weighted by atomic mass is 10.1. The van der Waals surface area contributed by atoms with Crippen molar-refractivity contribution in [3.63, 3.8) is 0 Å². The molecule has 0 bridgehead atoms. The zero-order valence-electron chi connectivity index (χ0n) is 15.6. The van der Waals surface area contributed by atoms with E-state index in [0.29, 0.717) is 48.3 Å². The molecule has 1 saturated heterocycles. The topological polar surface area (TPSA) is 85.2 Å². The summed E-state index contributed by atoms with van der Waals surface area (Å²) in [6, 6.07) is 9.50. The number of benzene rings is 2. The second-order valence-corrected chi connectivity index (χ2v) is 6.68. The van der Waals surface area contributed by atoms with E-state index in [-0.39, 0.29) is 11.6 Å². The highest BCUT2D eigenvalue weighted by Gasteiger charge is 2.24. The molecule has 0 aromatic heterocycles. The Morgan fingerprint density at radius 2 is 1.64 bits per heavy atom. The first-order valence-corrected chi connectivity index (χ1v) is 9.02. The standard InChI is InChI=1S/C19H20ClN3O5/c1-27-15-9-13(10-16(12-15)28-2)19(24)22-7-5-21(6-8-22)18-4-3-14(23(25)26)11-17(18)20/h3-4,9-12H,5-8H2,1-2H3. The van der Waals surface area contributed by atoms with Gasteiger partial charge in [-0.05, 0) is 18.2 Å². The van der Waals surface area contributed by atoms with Crippen molar-refractivity contribution >= 4 is 28.9 Å². The Kier molecular flexibility index (Phi) is 5.89. The maximum atomic E-state index is 12.9. The number of piperazine rings is 1. The SMILES string of the molecule is COc1cc(OC)cc(C(=O)N2CCN(c3ccc([N+](=O)[O-])cc3Cl)CC2)c1. The predicted molar refractivity (Wildman–Crippen MR) is 106 cm³/mol. The van der Waals surface area contributed by atoms with Crippen LogP contribution in [-0.2, 0) is 0 Å². The van der Waals surface area contributed by atoms with E-state index in [1.807, 2.05) is 4.90 Å². The van der Waals surface area contributed by atoms with Crippen molar-refractivity contribution < 1.29 is 19.2 Å². The van der Waals surface area contributed by atoms with E-state index >= 15 is 0 Å². The maximum Gasteiger partial charge on any atom is 0.271 e. The summed E-state index contributed by atoms with van der Waals surface area (Å²) in [7, 11) is 3.07. The molecule has 0 radical (unpaired) electrons. The Morgan fingerprint density at radius 1 is 1.04 bits per heavy atom. The number of ether oxygens (including phenoxy) is 2. The van der Waals surface area contributed by atoms with Crippen molar-refractivity contribution in [2.45, 2.75) is 0 Å². The quantitative estimate of drug-likeness (QED) is 0.560. The van der Waals surface area contributed by atoms with Crippen LogP contribution < -0.4 is 14.4 Å². The molecule has 1 heterocycles. The van der Waals surface area contributed by atoms with Gasteiger partial charge in [0.25, 0.3) is 11.6 Å². The van der Waals surface area contributed by atoms with E-state index in [0.717, 1.165) is 5.69 Å². The highest BCUT2D eigenvalue weighted by molar-refractivity contribution is 6.33. The lowest BCUT2D eigenvalue weighted by Gasteiger charge is -2.36. The molecule has 1 fully saturated rings. The average molecular weight is 406 g/mol. The van der Waals surface area contributed by atoms with Gasteiger partial charge in [0.05, 0.1) is 29.9 Å². The fraction of sp³-hybridized carbons (Fsp3) is 0.316. The molecule has 3 rings (SSSR count). The average Bonchev–Trinajstić information content (AvgIpc) is 2.72. The second kappa shape index (κ2) is 8.35. The number of nitrogens with zero attached hydrogens (tertiary/aromatic N) is 3.